The van der Waals surface area contributed by atoms with E-state index in [1.807, 2.05) is 18.2 Å². The van der Waals surface area contributed by atoms with Gasteiger partial charge in [0.15, 0.2) is 5.96 Å². The first kappa shape index (κ1) is 14.9. The molecule has 2 unspecified atom stereocenters. The molecular weight excluding hydrogens is 274 g/mol. The molecule has 5 heteroatoms. The molecule has 3 N–H and O–H groups in total. The lowest BCUT2D eigenvalue weighted by Crippen LogP contribution is -2.39. The number of aromatic nitrogens is 2. The summed E-state index contributed by atoms with van der Waals surface area (Å²) in [5.74, 6) is 2.77. The molecule has 22 heavy (non-hydrogen) atoms. The molecule has 0 saturated heterocycles. The van der Waals surface area contributed by atoms with Gasteiger partial charge in [0.2, 0.25) is 0 Å². The Labute approximate surface area is 131 Å². The minimum atomic E-state index is 0.605. The van der Waals surface area contributed by atoms with E-state index in [9.17, 15) is 0 Å². The van der Waals surface area contributed by atoms with Gasteiger partial charge in [-0.1, -0.05) is 19.1 Å². The first-order valence-electron chi connectivity index (χ1n) is 8.24. The second-order valence-corrected chi connectivity index (χ2v) is 6.03. The number of para-hydroxylation sites is 2. The van der Waals surface area contributed by atoms with E-state index >= 15 is 0 Å². The lowest BCUT2D eigenvalue weighted by atomic mass is 10.3. The number of hydrogen-bond donors (Lipinski definition) is 3. The number of H-pyrrole nitrogens is 1. The first-order valence-corrected chi connectivity index (χ1v) is 8.24. The second kappa shape index (κ2) is 6.81. The number of fused-ring (bicyclic) bond motifs is 1. The van der Waals surface area contributed by atoms with Crippen LogP contribution in [0.3, 0.4) is 0 Å². The quantitative estimate of drug-likeness (QED) is 0.436. The van der Waals surface area contributed by atoms with Gasteiger partial charge in [0.25, 0.3) is 0 Å². The molecule has 0 amide bonds. The van der Waals surface area contributed by atoms with Crippen LogP contribution in [0, 0.1) is 5.92 Å². The van der Waals surface area contributed by atoms with Gasteiger partial charge >= 0.3 is 0 Å². The van der Waals surface area contributed by atoms with Crippen molar-refractivity contribution in [2.24, 2.45) is 10.9 Å². The zero-order chi connectivity index (χ0) is 15.4. The van der Waals surface area contributed by atoms with Crippen LogP contribution in [0.4, 0.5) is 0 Å². The van der Waals surface area contributed by atoms with Crippen LogP contribution in [-0.4, -0.2) is 35.1 Å². The predicted molar refractivity (Wildman–Crippen MR) is 91.1 cm³/mol. The molecule has 1 fully saturated rings. The fourth-order valence-corrected chi connectivity index (χ4v) is 2.58. The standard InChI is InChI=1S/C17H25N5/c1-3-18-17(22-15-11-12(15)2)19-10-6-9-16-20-13-7-4-5-8-14(13)21-16/h4-5,7-8,12,15H,3,6,9-11H2,1-2H3,(H,20,21)(H2,18,19,22). The van der Waals surface area contributed by atoms with Crippen molar-refractivity contribution in [3.05, 3.63) is 30.1 Å². The van der Waals surface area contributed by atoms with Crippen molar-refractivity contribution in [1.29, 1.82) is 0 Å². The minimum absolute atomic E-state index is 0.605. The van der Waals surface area contributed by atoms with Crippen molar-refractivity contribution >= 4 is 17.0 Å². The highest BCUT2D eigenvalue weighted by atomic mass is 15.2. The van der Waals surface area contributed by atoms with Crippen LogP contribution in [0.15, 0.2) is 29.3 Å². The number of rotatable bonds is 6. The fraction of sp³-hybridized carbons (Fsp3) is 0.529. The topological polar surface area (TPSA) is 65.1 Å². The van der Waals surface area contributed by atoms with Gasteiger partial charge in [-0.25, -0.2) is 4.98 Å². The van der Waals surface area contributed by atoms with Crippen molar-refractivity contribution in [2.75, 3.05) is 13.1 Å². The minimum Gasteiger partial charge on any atom is -0.357 e. The Morgan fingerprint density at radius 3 is 2.95 bits per heavy atom. The lowest BCUT2D eigenvalue weighted by Gasteiger charge is -2.10. The van der Waals surface area contributed by atoms with Crippen molar-refractivity contribution in [1.82, 2.24) is 20.6 Å². The third kappa shape index (κ3) is 3.78. The zero-order valence-corrected chi connectivity index (χ0v) is 13.4. The van der Waals surface area contributed by atoms with Gasteiger partial charge in [-0.15, -0.1) is 0 Å². The lowest BCUT2D eigenvalue weighted by molar-refractivity contribution is 0.747. The predicted octanol–water partition coefficient (Wildman–Crippen LogP) is 2.46. The third-order valence-corrected chi connectivity index (χ3v) is 4.06. The Hall–Kier alpha value is -2.04. The molecule has 0 spiro atoms. The van der Waals surface area contributed by atoms with E-state index < -0.39 is 0 Å². The zero-order valence-electron chi connectivity index (χ0n) is 13.4. The SMILES string of the molecule is CCNC(=NCCCc1nc2ccccc2[nH]1)NC1CC1C. The van der Waals surface area contributed by atoms with E-state index in [-0.39, 0.29) is 0 Å². The van der Waals surface area contributed by atoms with Crippen molar-refractivity contribution in [3.63, 3.8) is 0 Å². The Balaban J connectivity index is 1.49. The molecule has 2 aromatic rings. The summed E-state index contributed by atoms with van der Waals surface area (Å²) in [6, 6.07) is 8.76. The molecule has 0 bridgehead atoms. The Morgan fingerprint density at radius 1 is 1.41 bits per heavy atom. The maximum absolute atomic E-state index is 4.65. The van der Waals surface area contributed by atoms with Crippen LogP contribution in [0.25, 0.3) is 11.0 Å². The molecule has 0 aliphatic heterocycles. The summed E-state index contributed by atoms with van der Waals surface area (Å²) in [6.07, 6.45) is 3.18. The third-order valence-electron chi connectivity index (χ3n) is 4.06. The van der Waals surface area contributed by atoms with Crippen LogP contribution in [0.2, 0.25) is 0 Å². The summed E-state index contributed by atoms with van der Waals surface area (Å²) in [6.45, 7) is 6.08. The normalized spacial score (nSPS) is 21.1. The number of aryl methyl sites for hydroxylation is 1. The summed E-state index contributed by atoms with van der Waals surface area (Å²) in [5, 5.41) is 6.79. The maximum Gasteiger partial charge on any atom is 0.191 e. The summed E-state index contributed by atoms with van der Waals surface area (Å²) in [4.78, 5) is 12.6. The average Bonchev–Trinajstić information content (AvgIpc) is 3.05. The van der Waals surface area contributed by atoms with Gasteiger partial charge in [-0.2, -0.15) is 0 Å². The Kier molecular flexibility index (Phi) is 4.61. The average molecular weight is 299 g/mol. The molecule has 118 valence electrons. The largest absolute Gasteiger partial charge is 0.357 e. The fourth-order valence-electron chi connectivity index (χ4n) is 2.58. The Bertz CT molecular complexity index is 612. The summed E-state index contributed by atoms with van der Waals surface area (Å²) in [7, 11) is 0. The summed E-state index contributed by atoms with van der Waals surface area (Å²) >= 11 is 0. The highest BCUT2D eigenvalue weighted by Gasteiger charge is 2.33. The molecule has 0 radical (unpaired) electrons. The van der Waals surface area contributed by atoms with Crippen molar-refractivity contribution in [2.45, 2.75) is 39.2 Å². The number of guanidine groups is 1. The number of hydrogen-bond acceptors (Lipinski definition) is 2. The van der Waals surface area contributed by atoms with Gasteiger partial charge in [0, 0.05) is 25.6 Å². The highest BCUT2D eigenvalue weighted by molar-refractivity contribution is 5.80. The first-order chi connectivity index (χ1) is 10.8. The molecule has 2 atom stereocenters. The van der Waals surface area contributed by atoms with E-state index in [2.05, 4.69) is 45.5 Å². The number of benzene rings is 1. The molecule has 1 aromatic heterocycles. The molecule has 1 saturated carbocycles. The summed E-state index contributed by atoms with van der Waals surface area (Å²) in [5.41, 5.74) is 2.15. The highest BCUT2D eigenvalue weighted by Crippen LogP contribution is 2.28. The summed E-state index contributed by atoms with van der Waals surface area (Å²) < 4.78 is 0. The van der Waals surface area contributed by atoms with Gasteiger partial charge < -0.3 is 15.6 Å². The van der Waals surface area contributed by atoms with E-state index in [1.54, 1.807) is 0 Å². The second-order valence-electron chi connectivity index (χ2n) is 6.03. The monoisotopic (exact) mass is 299 g/mol. The molecule has 1 aliphatic carbocycles. The van der Waals surface area contributed by atoms with Gasteiger partial charge in [-0.3, -0.25) is 4.99 Å². The molecule has 5 nitrogen and oxygen atoms in total. The van der Waals surface area contributed by atoms with E-state index in [0.717, 1.165) is 54.7 Å². The molecular formula is C17H25N5. The number of nitrogens with one attached hydrogen (secondary N) is 3. The molecule has 1 heterocycles. The number of aromatic amines is 1. The van der Waals surface area contributed by atoms with E-state index in [4.69, 9.17) is 0 Å². The van der Waals surface area contributed by atoms with E-state index in [1.165, 1.54) is 6.42 Å². The molecule has 1 aromatic carbocycles. The van der Waals surface area contributed by atoms with Crippen LogP contribution < -0.4 is 10.6 Å². The maximum atomic E-state index is 4.65. The van der Waals surface area contributed by atoms with E-state index in [0.29, 0.717) is 6.04 Å². The number of nitrogens with zero attached hydrogens (tertiary/aromatic N) is 2. The number of aliphatic imine (C=N–C) groups is 1. The smallest absolute Gasteiger partial charge is 0.191 e. The van der Waals surface area contributed by atoms with Gasteiger partial charge in [0.05, 0.1) is 11.0 Å². The van der Waals surface area contributed by atoms with Crippen LogP contribution in [-0.2, 0) is 6.42 Å². The van der Waals surface area contributed by atoms with Crippen LogP contribution >= 0.6 is 0 Å². The van der Waals surface area contributed by atoms with Crippen molar-refractivity contribution in [3.8, 4) is 0 Å². The molecule has 1 aliphatic rings. The van der Waals surface area contributed by atoms with Crippen molar-refractivity contribution < 1.29 is 0 Å². The molecule has 3 rings (SSSR count). The number of imidazole rings is 1. The van der Waals surface area contributed by atoms with Crippen LogP contribution in [0.5, 0.6) is 0 Å². The van der Waals surface area contributed by atoms with Gasteiger partial charge in [0.1, 0.15) is 5.82 Å². The Morgan fingerprint density at radius 2 is 2.23 bits per heavy atom. The van der Waals surface area contributed by atoms with Crippen LogP contribution in [0.1, 0.15) is 32.5 Å². The van der Waals surface area contributed by atoms with Gasteiger partial charge in [-0.05, 0) is 37.8 Å².